The second-order valence-electron chi connectivity index (χ2n) is 5.23. The zero-order valence-electron chi connectivity index (χ0n) is 13.8. The highest BCUT2D eigenvalue weighted by atomic mass is 16.5. The number of pyridine rings is 1. The highest BCUT2D eigenvalue weighted by Gasteiger charge is 2.13. The number of rotatable bonds is 7. The Labute approximate surface area is 135 Å². The number of hydrogen-bond donors (Lipinski definition) is 2. The highest BCUT2D eigenvalue weighted by molar-refractivity contribution is 5.97. The third-order valence-electron chi connectivity index (χ3n) is 3.94. The first-order valence-electron chi connectivity index (χ1n) is 7.80. The van der Waals surface area contributed by atoms with Gasteiger partial charge in [0.25, 0.3) is 5.91 Å². The van der Waals surface area contributed by atoms with Crippen LogP contribution in [0.4, 0.5) is 0 Å². The number of carbonyl (C=O) groups is 1. The lowest BCUT2D eigenvalue weighted by molar-refractivity contribution is 0.0947. The van der Waals surface area contributed by atoms with Crippen molar-refractivity contribution in [2.45, 2.75) is 13.8 Å². The first-order valence-corrected chi connectivity index (χ1v) is 7.80. The van der Waals surface area contributed by atoms with Crippen molar-refractivity contribution in [1.82, 2.24) is 15.2 Å². The van der Waals surface area contributed by atoms with Gasteiger partial charge in [0.15, 0.2) is 0 Å². The summed E-state index contributed by atoms with van der Waals surface area (Å²) in [7, 11) is 1.54. The lowest BCUT2D eigenvalue weighted by Gasteiger charge is -2.17. The number of likely N-dealkylation sites (N-methyl/N-ethyl adjacent to an activating group) is 1. The first-order chi connectivity index (χ1) is 11.1. The van der Waals surface area contributed by atoms with Gasteiger partial charge in [-0.3, -0.25) is 9.59 Å². The summed E-state index contributed by atoms with van der Waals surface area (Å²) in [6.45, 7) is 7.29. The molecule has 124 valence electrons. The first kappa shape index (κ1) is 17.0. The molecule has 0 aliphatic carbocycles. The van der Waals surface area contributed by atoms with E-state index in [1.807, 2.05) is 0 Å². The van der Waals surface area contributed by atoms with Gasteiger partial charge in [-0.25, -0.2) is 0 Å². The van der Waals surface area contributed by atoms with Gasteiger partial charge in [-0.05, 0) is 31.3 Å². The molecule has 2 rings (SSSR count). The van der Waals surface area contributed by atoms with Crippen LogP contribution < -0.4 is 15.5 Å². The molecule has 0 aliphatic rings. The number of fused-ring (bicyclic) bond motifs is 1. The molecule has 1 aromatic heterocycles. The molecule has 0 spiro atoms. The van der Waals surface area contributed by atoms with Gasteiger partial charge in [0.1, 0.15) is 11.3 Å². The Morgan fingerprint density at radius 1 is 1.30 bits per heavy atom. The monoisotopic (exact) mass is 317 g/mol. The zero-order chi connectivity index (χ0) is 16.8. The normalized spacial score (nSPS) is 11.0. The fraction of sp³-hybridized carbons (Fsp3) is 0.412. The van der Waals surface area contributed by atoms with E-state index in [9.17, 15) is 9.59 Å². The summed E-state index contributed by atoms with van der Waals surface area (Å²) in [4.78, 5) is 29.9. The highest BCUT2D eigenvalue weighted by Crippen LogP contribution is 2.16. The van der Waals surface area contributed by atoms with Crippen LogP contribution in [0.2, 0.25) is 0 Å². The molecule has 0 radical (unpaired) electrons. The number of amides is 1. The number of benzene rings is 1. The summed E-state index contributed by atoms with van der Waals surface area (Å²) in [5.74, 6) is 0.227. The summed E-state index contributed by atoms with van der Waals surface area (Å²) in [6, 6.07) is 5.17. The number of aromatic amines is 1. The van der Waals surface area contributed by atoms with Crippen LogP contribution in [-0.2, 0) is 0 Å². The van der Waals surface area contributed by atoms with E-state index in [4.69, 9.17) is 4.74 Å². The minimum Gasteiger partial charge on any atom is -0.497 e. The predicted octanol–water partition coefficient (Wildman–Crippen LogP) is 1.61. The van der Waals surface area contributed by atoms with E-state index in [0.717, 1.165) is 19.6 Å². The summed E-state index contributed by atoms with van der Waals surface area (Å²) >= 11 is 0. The number of carbonyl (C=O) groups excluding carboxylic acids is 1. The molecule has 0 atom stereocenters. The number of aromatic nitrogens is 1. The quantitative estimate of drug-likeness (QED) is 0.813. The van der Waals surface area contributed by atoms with Crippen LogP contribution in [0, 0.1) is 0 Å². The maximum atomic E-state index is 12.5. The number of nitrogens with zero attached hydrogens (tertiary/aromatic N) is 1. The summed E-state index contributed by atoms with van der Waals surface area (Å²) in [6.07, 6.45) is 1.46. The van der Waals surface area contributed by atoms with Crippen LogP contribution in [-0.4, -0.2) is 49.1 Å². The predicted molar refractivity (Wildman–Crippen MR) is 91.2 cm³/mol. The Bertz CT molecular complexity index is 735. The van der Waals surface area contributed by atoms with Crippen molar-refractivity contribution >= 4 is 16.8 Å². The Kier molecular flexibility index (Phi) is 5.76. The van der Waals surface area contributed by atoms with Crippen molar-refractivity contribution in [2.75, 3.05) is 33.3 Å². The Morgan fingerprint density at radius 2 is 2.04 bits per heavy atom. The van der Waals surface area contributed by atoms with Gasteiger partial charge in [0.05, 0.1) is 7.11 Å². The molecule has 2 N–H and O–H groups in total. The van der Waals surface area contributed by atoms with E-state index >= 15 is 0 Å². The molecular formula is C17H23N3O3. The topological polar surface area (TPSA) is 74.4 Å². The molecule has 0 bridgehead atoms. The molecule has 23 heavy (non-hydrogen) atoms. The molecule has 0 fully saturated rings. The minimum absolute atomic E-state index is 0.116. The fourth-order valence-corrected chi connectivity index (χ4v) is 2.46. The van der Waals surface area contributed by atoms with Crippen LogP contribution in [0.15, 0.2) is 29.2 Å². The fourth-order valence-electron chi connectivity index (χ4n) is 2.46. The average molecular weight is 317 g/mol. The second-order valence-corrected chi connectivity index (χ2v) is 5.23. The number of hydrogen-bond acceptors (Lipinski definition) is 4. The van der Waals surface area contributed by atoms with E-state index in [2.05, 4.69) is 29.0 Å². The maximum Gasteiger partial charge on any atom is 0.256 e. The van der Waals surface area contributed by atoms with Gasteiger partial charge < -0.3 is 19.9 Å². The molecule has 6 nitrogen and oxygen atoms in total. The Morgan fingerprint density at radius 3 is 2.70 bits per heavy atom. The molecule has 0 saturated heterocycles. The Hall–Kier alpha value is -2.34. The Balaban J connectivity index is 2.17. The molecule has 1 amide bonds. The van der Waals surface area contributed by atoms with Crippen molar-refractivity contribution in [3.63, 3.8) is 0 Å². The van der Waals surface area contributed by atoms with Crippen LogP contribution in [0.25, 0.3) is 10.9 Å². The molecule has 6 heteroatoms. The van der Waals surface area contributed by atoms with E-state index in [1.54, 1.807) is 25.3 Å². The van der Waals surface area contributed by atoms with Crippen molar-refractivity contribution in [3.05, 3.63) is 40.2 Å². The molecule has 1 aromatic carbocycles. The summed E-state index contributed by atoms with van der Waals surface area (Å²) in [5, 5.41) is 3.25. The van der Waals surface area contributed by atoms with Crippen molar-refractivity contribution < 1.29 is 9.53 Å². The molecule has 0 unspecified atom stereocenters. The SMILES string of the molecule is CCN(CC)CCNC(=O)c1c[nH]c2ccc(OC)cc2c1=O. The average Bonchev–Trinajstić information content (AvgIpc) is 2.58. The number of H-pyrrole nitrogens is 1. The molecule has 0 aliphatic heterocycles. The van der Waals surface area contributed by atoms with Crippen LogP contribution in [0.3, 0.4) is 0 Å². The lowest BCUT2D eigenvalue weighted by Crippen LogP contribution is -2.36. The zero-order valence-corrected chi connectivity index (χ0v) is 13.8. The van der Waals surface area contributed by atoms with Gasteiger partial charge >= 0.3 is 0 Å². The summed E-state index contributed by atoms with van der Waals surface area (Å²) in [5.41, 5.74) is 0.499. The van der Waals surface area contributed by atoms with E-state index < -0.39 is 0 Å². The number of nitrogens with one attached hydrogen (secondary N) is 2. The minimum atomic E-state index is -0.358. The standard InChI is InChI=1S/C17H23N3O3/c1-4-20(5-2)9-8-18-17(22)14-11-19-15-7-6-12(23-3)10-13(15)16(14)21/h6-7,10-11H,4-5,8-9H2,1-3H3,(H,18,22)(H,19,21). The maximum absolute atomic E-state index is 12.5. The van der Waals surface area contributed by atoms with Gasteiger partial charge in [-0.15, -0.1) is 0 Å². The molecule has 2 aromatic rings. The van der Waals surface area contributed by atoms with Gasteiger partial charge in [0, 0.05) is 30.2 Å². The smallest absolute Gasteiger partial charge is 0.256 e. The summed E-state index contributed by atoms with van der Waals surface area (Å²) < 4.78 is 5.13. The number of ether oxygens (including phenoxy) is 1. The van der Waals surface area contributed by atoms with E-state index in [-0.39, 0.29) is 16.9 Å². The van der Waals surface area contributed by atoms with E-state index in [0.29, 0.717) is 23.2 Å². The second kappa shape index (κ2) is 7.78. The van der Waals surface area contributed by atoms with Crippen molar-refractivity contribution in [1.29, 1.82) is 0 Å². The van der Waals surface area contributed by atoms with Crippen LogP contribution >= 0.6 is 0 Å². The molecular weight excluding hydrogens is 294 g/mol. The van der Waals surface area contributed by atoms with Gasteiger partial charge in [-0.2, -0.15) is 0 Å². The van der Waals surface area contributed by atoms with Crippen LogP contribution in [0.5, 0.6) is 5.75 Å². The molecule has 1 heterocycles. The van der Waals surface area contributed by atoms with Crippen LogP contribution in [0.1, 0.15) is 24.2 Å². The molecule has 0 saturated carbocycles. The third-order valence-corrected chi connectivity index (χ3v) is 3.94. The largest absolute Gasteiger partial charge is 0.497 e. The third kappa shape index (κ3) is 3.90. The van der Waals surface area contributed by atoms with Gasteiger partial charge in [0.2, 0.25) is 5.43 Å². The number of methoxy groups -OCH3 is 1. The lowest BCUT2D eigenvalue weighted by atomic mass is 10.1. The van der Waals surface area contributed by atoms with E-state index in [1.165, 1.54) is 6.20 Å². The van der Waals surface area contributed by atoms with Gasteiger partial charge in [-0.1, -0.05) is 13.8 Å². The van der Waals surface area contributed by atoms with Crippen molar-refractivity contribution in [2.24, 2.45) is 0 Å². The van der Waals surface area contributed by atoms with Crippen molar-refractivity contribution in [3.8, 4) is 5.75 Å².